The first-order chi connectivity index (χ1) is 16.7. The Morgan fingerprint density at radius 3 is 2.56 bits per heavy atom. The van der Waals surface area contributed by atoms with E-state index in [0.29, 0.717) is 19.0 Å². The maximum atomic E-state index is 12.8. The van der Waals surface area contributed by atoms with Crippen LogP contribution >= 0.6 is 0 Å². The number of amides is 1. The molecule has 1 N–H and O–H groups in total. The zero-order valence-electron chi connectivity index (χ0n) is 19.9. The molecule has 7 heteroatoms. The van der Waals surface area contributed by atoms with Crippen LogP contribution in [0.1, 0.15) is 37.8 Å². The highest BCUT2D eigenvalue weighted by Gasteiger charge is 2.26. The van der Waals surface area contributed by atoms with E-state index in [9.17, 15) is 4.79 Å². The third-order valence-electron chi connectivity index (χ3n) is 6.10. The molecule has 1 amide bonds. The third kappa shape index (κ3) is 6.04. The van der Waals surface area contributed by atoms with Gasteiger partial charge in [-0.3, -0.25) is 4.79 Å². The number of nitrogens with zero attached hydrogens (tertiary/aromatic N) is 3. The van der Waals surface area contributed by atoms with E-state index in [0.717, 1.165) is 55.2 Å². The molecule has 34 heavy (non-hydrogen) atoms. The predicted molar refractivity (Wildman–Crippen MR) is 132 cm³/mol. The Morgan fingerprint density at radius 1 is 1.06 bits per heavy atom. The van der Waals surface area contributed by atoms with Crippen LogP contribution in [0, 0.1) is 5.92 Å². The molecular formula is C27H32N4O3. The van der Waals surface area contributed by atoms with Gasteiger partial charge in [-0.2, -0.15) is 0 Å². The van der Waals surface area contributed by atoms with Crippen LogP contribution in [-0.2, 0) is 17.8 Å². The molecule has 1 aliphatic heterocycles. The SMILES string of the molecule is CCOc1ccccc1CNC(=O)C1CCN(c2cc(Oc3ccc(CC)cc3)ncn2)CC1. The number of para-hydroxylation sites is 1. The molecule has 0 spiro atoms. The van der Waals surface area contributed by atoms with Crippen molar-refractivity contribution in [1.82, 2.24) is 15.3 Å². The van der Waals surface area contributed by atoms with Gasteiger partial charge in [0.25, 0.3) is 0 Å². The zero-order chi connectivity index (χ0) is 23.8. The summed E-state index contributed by atoms with van der Waals surface area (Å²) >= 11 is 0. The molecule has 2 heterocycles. The summed E-state index contributed by atoms with van der Waals surface area (Å²) < 4.78 is 11.6. The van der Waals surface area contributed by atoms with E-state index >= 15 is 0 Å². The van der Waals surface area contributed by atoms with Gasteiger partial charge in [0.15, 0.2) is 0 Å². The molecule has 0 aliphatic carbocycles. The molecule has 1 aliphatic rings. The summed E-state index contributed by atoms with van der Waals surface area (Å²) in [7, 11) is 0. The van der Waals surface area contributed by atoms with Gasteiger partial charge in [-0.05, 0) is 49.9 Å². The minimum Gasteiger partial charge on any atom is -0.494 e. The largest absolute Gasteiger partial charge is 0.494 e. The van der Waals surface area contributed by atoms with Crippen LogP contribution in [0.25, 0.3) is 0 Å². The summed E-state index contributed by atoms with van der Waals surface area (Å²) in [6.45, 7) is 6.68. The number of anilines is 1. The van der Waals surface area contributed by atoms with Gasteiger partial charge in [0, 0.05) is 37.2 Å². The Labute approximate surface area is 201 Å². The molecule has 0 radical (unpaired) electrons. The molecule has 0 unspecified atom stereocenters. The van der Waals surface area contributed by atoms with Crippen molar-refractivity contribution in [2.75, 3.05) is 24.6 Å². The van der Waals surface area contributed by atoms with E-state index in [-0.39, 0.29) is 11.8 Å². The molecule has 2 aromatic carbocycles. The van der Waals surface area contributed by atoms with E-state index < -0.39 is 0 Å². The number of aromatic nitrogens is 2. The lowest BCUT2D eigenvalue weighted by atomic mass is 9.96. The second-order valence-electron chi connectivity index (χ2n) is 8.33. The van der Waals surface area contributed by atoms with Gasteiger partial charge in [0.2, 0.25) is 11.8 Å². The predicted octanol–water partition coefficient (Wildman–Crippen LogP) is 4.76. The number of aryl methyl sites for hydroxylation is 1. The van der Waals surface area contributed by atoms with Gasteiger partial charge >= 0.3 is 0 Å². The quantitative estimate of drug-likeness (QED) is 0.496. The van der Waals surface area contributed by atoms with Crippen LogP contribution in [0.3, 0.4) is 0 Å². The second kappa shape index (κ2) is 11.5. The van der Waals surface area contributed by atoms with Crippen molar-refractivity contribution in [3.8, 4) is 17.4 Å². The van der Waals surface area contributed by atoms with E-state index in [1.165, 1.54) is 11.9 Å². The minimum absolute atomic E-state index is 0.00913. The third-order valence-corrected chi connectivity index (χ3v) is 6.10. The first-order valence-corrected chi connectivity index (χ1v) is 12.0. The first-order valence-electron chi connectivity index (χ1n) is 12.0. The van der Waals surface area contributed by atoms with Crippen LogP contribution < -0.4 is 19.7 Å². The molecule has 0 bridgehead atoms. The van der Waals surface area contributed by atoms with Gasteiger partial charge in [-0.15, -0.1) is 0 Å². The molecule has 7 nitrogen and oxygen atoms in total. The highest BCUT2D eigenvalue weighted by molar-refractivity contribution is 5.79. The number of hydrogen-bond donors (Lipinski definition) is 1. The second-order valence-corrected chi connectivity index (χ2v) is 8.33. The normalized spacial score (nSPS) is 14.0. The number of benzene rings is 2. The molecule has 0 saturated carbocycles. The highest BCUT2D eigenvalue weighted by atomic mass is 16.5. The van der Waals surface area contributed by atoms with Gasteiger partial charge in [0.05, 0.1) is 6.61 Å². The van der Waals surface area contributed by atoms with E-state index in [4.69, 9.17) is 9.47 Å². The van der Waals surface area contributed by atoms with Crippen LogP contribution in [0.5, 0.6) is 17.4 Å². The molecule has 4 rings (SSSR count). The van der Waals surface area contributed by atoms with Crippen LogP contribution in [0.2, 0.25) is 0 Å². The zero-order valence-corrected chi connectivity index (χ0v) is 19.9. The number of carbonyl (C=O) groups excluding carboxylic acids is 1. The smallest absolute Gasteiger partial charge is 0.224 e. The van der Waals surface area contributed by atoms with E-state index in [2.05, 4.69) is 39.2 Å². The Balaban J connectivity index is 1.29. The van der Waals surface area contributed by atoms with Crippen molar-refractivity contribution in [2.24, 2.45) is 5.92 Å². The summed E-state index contributed by atoms with van der Waals surface area (Å²) in [4.78, 5) is 23.6. The molecule has 178 valence electrons. The van der Waals surface area contributed by atoms with Crippen molar-refractivity contribution < 1.29 is 14.3 Å². The van der Waals surface area contributed by atoms with Crippen LogP contribution in [0.4, 0.5) is 5.82 Å². The number of piperidine rings is 1. The Kier molecular flexibility index (Phi) is 7.96. The number of nitrogens with one attached hydrogen (secondary N) is 1. The summed E-state index contributed by atoms with van der Waals surface area (Å²) in [6.07, 6.45) is 4.07. The average molecular weight is 461 g/mol. The first kappa shape index (κ1) is 23.5. The summed E-state index contributed by atoms with van der Waals surface area (Å²) in [5.74, 6) is 2.99. The van der Waals surface area contributed by atoms with Gasteiger partial charge < -0.3 is 19.7 Å². The molecular weight excluding hydrogens is 428 g/mol. The number of hydrogen-bond acceptors (Lipinski definition) is 6. The van der Waals surface area contributed by atoms with Crippen molar-refractivity contribution in [3.05, 3.63) is 72.1 Å². The maximum Gasteiger partial charge on any atom is 0.224 e. The van der Waals surface area contributed by atoms with Crippen molar-refractivity contribution in [2.45, 2.75) is 39.7 Å². The molecule has 3 aromatic rings. The van der Waals surface area contributed by atoms with E-state index in [1.54, 1.807) is 0 Å². The number of carbonyl (C=O) groups is 1. The van der Waals surface area contributed by atoms with Crippen molar-refractivity contribution in [3.63, 3.8) is 0 Å². The van der Waals surface area contributed by atoms with Gasteiger partial charge in [-0.1, -0.05) is 37.3 Å². The van der Waals surface area contributed by atoms with Crippen molar-refractivity contribution >= 4 is 11.7 Å². The van der Waals surface area contributed by atoms with Crippen LogP contribution in [-0.4, -0.2) is 35.6 Å². The lowest BCUT2D eigenvalue weighted by Crippen LogP contribution is -2.40. The van der Waals surface area contributed by atoms with Crippen LogP contribution in [0.15, 0.2) is 60.9 Å². The molecule has 1 fully saturated rings. The number of rotatable bonds is 9. The summed E-state index contributed by atoms with van der Waals surface area (Å²) in [6, 6.07) is 17.7. The Morgan fingerprint density at radius 2 is 1.82 bits per heavy atom. The number of ether oxygens (including phenoxy) is 2. The Hall–Kier alpha value is -3.61. The average Bonchev–Trinajstić information content (AvgIpc) is 2.89. The molecule has 1 aromatic heterocycles. The summed E-state index contributed by atoms with van der Waals surface area (Å²) in [5, 5.41) is 3.08. The van der Waals surface area contributed by atoms with Gasteiger partial charge in [0.1, 0.15) is 23.6 Å². The highest BCUT2D eigenvalue weighted by Crippen LogP contribution is 2.26. The maximum absolute atomic E-state index is 12.8. The topological polar surface area (TPSA) is 76.6 Å². The molecule has 0 atom stereocenters. The lowest BCUT2D eigenvalue weighted by molar-refractivity contribution is -0.125. The van der Waals surface area contributed by atoms with Crippen molar-refractivity contribution in [1.29, 1.82) is 0 Å². The fraction of sp³-hybridized carbons (Fsp3) is 0.370. The standard InChI is InChI=1S/C27H32N4O3/c1-3-20-9-11-23(12-10-20)34-26-17-25(29-19-30-26)31-15-13-21(14-16-31)27(32)28-18-22-7-5-6-8-24(22)33-4-2/h5-12,17,19,21H,3-4,13-16,18H2,1-2H3,(H,28,32). The fourth-order valence-electron chi connectivity index (χ4n) is 4.12. The molecule has 1 saturated heterocycles. The lowest BCUT2D eigenvalue weighted by Gasteiger charge is -2.32. The summed E-state index contributed by atoms with van der Waals surface area (Å²) in [5.41, 5.74) is 2.26. The van der Waals surface area contributed by atoms with Gasteiger partial charge in [-0.25, -0.2) is 9.97 Å². The minimum atomic E-state index is -0.00913. The Bertz CT molecular complexity index is 1080. The fourth-order valence-corrected chi connectivity index (χ4v) is 4.12. The van der Waals surface area contributed by atoms with E-state index in [1.807, 2.05) is 49.4 Å². The monoisotopic (exact) mass is 460 g/mol.